The van der Waals surface area contributed by atoms with Crippen molar-refractivity contribution in [1.82, 2.24) is 0 Å². The van der Waals surface area contributed by atoms with Crippen molar-refractivity contribution in [3.05, 3.63) is 0 Å². The number of hydrogen-bond donors (Lipinski definition) is 1. The van der Waals surface area contributed by atoms with E-state index in [0.717, 1.165) is 0 Å². The summed E-state index contributed by atoms with van der Waals surface area (Å²) in [6, 6.07) is 0. The van der Waals surface area contributed by atoms with E-state index in [0.29, 0.717) is 6.42 Å². The molecule has 1 heterocycles. The van der Waals surface area contributed by atoms with Gasteiger partial charge in [-0.1, -0.05) is 0 Å². The topological polar surface area (TPSA) is 61.5 Å². The van der Waals surface area contributed by atoms with Gasteiger partial charge in [-0.3, -0.25) is 0 Å². The van der Waals surface area contributed by atoms with Gasteiger partial charge in [0.2, 0.25) is 0 Å². The van der Waals surface area contributed by atoms with Crippen LogP contribution < -0.4 is 5.73 Å². The van der Waals surface area contributed by atoms with Crippen LogP contribution in [0.2, 0.25) is 0 Å². The quantitative estimate of drug-likeness (QED) is 0.532. The maximum Gasteiger partial charge on any atom is 0.328 e. The van der Waals surface area contributed by atoms with Crippen molar-refractivity contribution in [2.45, 2.75) is 25.0 Å². The second-order valence-electron chi connectivity index (χ2n) is 2.97. The summed E-state index contributed by atoms with van der Waals surface area (Å²) in [5, 5.41) is 0. The van der Waals surface area contributed by atoms with Gasteiger partial charge in [-0.25, -0.2) is 4.79 Å². The normalized spacial score (nSPS) is 37.2. The molecule has 0 aromatic heterocycles. The first kappa shape index (κ1) is 8.49. The molecule has 0 radical (unpaired) electrons. The average Bonchev–Trinajstić information content (AvgIpc) is 2.31. The second kappa shape index (κ2) is 2.79. The fourth-order valence-corrected chi connectivity index (χ4v) is 1.27. The Morgan fingerprint density at radius 3 is 2.82 bits per heavy atom. The van der Waals surface area contributed by atoms with Crippen LogP contribution in [0.4, 0.5) is 0 Å². The van der Waals surface area contributed by atoms with Crippen LogP contribution in [0.25, 0.3) is 0 Å². The van der Waals surface area contributed by atoms with Crippen molar-refractivity contribution >= 4 is 5.97 Å². The molecule has 4 nitrogen and oxygen atoms in total. The van der Waals surface area contributed by atoms with Gasteiger partial charge in [-0.2, -0.15) is 0 Å². The van der Waals surface area contributed by atoms with Crippen LogP contribution in [0, 0.1) is 0 Å². The Morgan fingerprint density at radius 2 is 2.45 bits per heavy atom. The molecule has 1 saturated heterocycles. The molecule has 0 aromatic rings. The van der Waals surface area contributed by atoms with Crippen molar-refractivity contribution in [3.8, 4) is 0 Å². The van der Waals surface area contributed by atoms with Crippen molar-refractivity contribution < 1.29 is 14.3 Å². The van der Waals surface area contributed by atoms with Gasteiger partial charge in [0.05, 0.1) is 19.8 Å². The van der Waals surface area contributed by atoms with E-state index < -0.39 is 5.54 Å². The molecular weight excluding hydrogens is 146 g/mol. The summed E-state index contributed by atoms with van der Waals surface area (Å²) in [7, 11) is 1.33. The number of esters is 1. The summed E-state index contributed by atoms with van der Waals surface area (Å²) >= 11 is 0. The molecule has 2 atom stereocenters. The lowest BCUT2D eigenvalue weighted by molar-refractivity contribution is -0.146. The number of methoxy groups -OCH3 is 1. The third-order valence-electron chi connectivity index (χ3n) is 1.87. The molecule has 64 valence electrons. The largest absolute Gasteiger partial charge is 0.468 e. The molecular formula is C7H13NO3. The molecule has 1 aliphatic heterocycles. The van der Waals surface area contributed by atoms with Crippen molar-refractivity contribution in [1.29, 1.82) is 0 Å². The molecule has 4 heteroatoms. The van der Waals surface area contributed by atoms with Crippen LogP contribution in [-0.4, -0.2) is 31.3 Å². The molecule has 0 spiro atoms. The van der Waals surface area contributed by atoms with Crippen LogP contribution in [0.5, 0.6) is 0 Å². The molecule has 0 bridgehead atoms. The van der Waals surface area contributed by atoms with Crippen LogP contribution >= 0.6 is 0 Å². The zero-order valence-electron chi connectivity index (χ0n) is 6.79. The van der Waals surface area contributed by atoms with E-state index in [-0.39, 0.29) is 18.7 Å². The zero-order chi connectivity index (χ0) is 8.48. The minimum atomic E-state index is -0.909. The van der Waals surface area contributed by atoms with Crippen molar-refractivity contribution in [2.75, 3.05) is 13.7 Å². The molecule has 2 N–H and O–H groups in total. The Hall–Kier alpha value is -0.610. The van der Waals surface area contributed by atoms with Gasteiger partial charge in [-0.05, 0) is 6.92 Å². The standard InChI is InChI=1S/C7H13NO3/c1-5-3-7(8,4-11-5)6(9)10-2/h5H,3-4,8H2,1-2H3. The minimum Gasteiger partial charge on any atom is -0.468 e. The number of hydrogen-bond acceptors (Lipinski definition) is 4. The Bertz CT molecular complexity index is 171. The van der Waals surface area contributed by atoms with Crippen molar-refractivity contribution in [2.24, 2.45) is 5.73 Å². The van der Waals surface area contributed by atoms with Gasteiger partial charge in [0.1, 0.15) is 5.54 Å². The third-order valence-corrected chi connectivity index (χ3v) is 1.87. The lowest BCUT2D eigenvalue weighted by Gasteiger charge is -2.17. The van der Waals surface area contributed by atoms with E-state index in [1.54, 1.807) is 0 Å². The van der Waals surface area contributed by atoms with Gasteiger partial charge < -0.3 is 15.2 Å². The van der Waals surface area contributed by atoms with E-state index >= 15 is 0 Å². The molecule has 1 fully saturated rings. The van der Waals surface area contributed by atoms with Gasteiger partial charge in [0.25, 0.3) is 0 Å². The first-order valence-electron chi connectivity index (χ1n) is 3.57. The summed E-state index contributed by atoms with van der Waals surface area (Å²) in [6.07, 6.45) is 0.596. The Labute approximate surface area is 65.7 Å². The van der Waals surface area contributed by atoms with Crippen LogP contribution in [0.1, 0.15) is 13.3 Å². The fourth-order valence-electron chi connectivity index (χ4n) is 1.27. The van der Waals surface area contributed by atoms with Gasteiger partial charge in [-0.15, -0.1) is 0 Å². The summed E-state index contributed by atoms with van der Waals surface area (Å²) in [4.78, 5) is 11.1. The van der Waals surface area contributed by atoms with Gasteiger partial charge in [0.15, 0.2) is 0 Å². The van der Waals surface area contributed by atoms with E-state index in [1.807, 2.05) is 6.92 Å². The first-order chi connectivity index (χ1) is 5.08. The zero-order valence-corrected chi connectivity index (χ0v) is 6.79. The Kier molecular flexibility index (Phi) is 2.15. The highest BCUT2D eigenvalue weighted by Crippen LogP contribution is 2.22. The van der Waals surface area contributed by atoms with Gasteiger partial charge >= 0.3 is 5.97 Å². The number of nitrogens with two attached hydrogens (primary N) is 1. The molecule has 0 saturated carbocycles. The smallest absolute Gasteiger partial charge is 0.328 e. The molecule has 0 aromatic carbocycles. The van der Waals surface area contributed by atoms with Gasteiger partial charge in [0, 0.05) is 6.42 Å². The van der Waals surface area contributed by atoms with E-state index in [1.165, 1.54) is 7.11 Å². The molecule has 0 aliphatic carbocycles. The number of ether oxygens (including phenoxy) is 2. The van der Waals surface area contributed by atoms with Crippen LogP contribution in [0.15, 0.2) is 0 Å². The molecule has 1 aliphatic rings. The lowest BCUT2D eigenvalue weighted by Crippen LogP contribution is -2.49. The second-order valence-corrected chi connectivity index (χ2v) is 2.97. The third kappa shape index (κ3) is 1.52. The highest BCUT2D eigenvalue weighted by Gasteiger charge is 2.42. The first-order valence-corrected chi connectivity index (χ1v) is 3.57. The Balaban J connectivity index is 2.61. The summed E-state index contributed by atoms with van der Waals surface area (Å²) in [5.41, 5.74) is 4.80. The molecule has 1 rings (SSSR count). The SMILES string of the molecule is COC(=O)C1(N)COC(C)C1. The summed E-state index contributed by atoms with van der Waals surface area (Å²) < 4.78 is 9.71. The van der Waals surface area contributed by atoms with Crippen molar-refractivity contribution in [3.63, 3.8) is 0 Å². The number of rotatable bonds is 1. The molecule has 11 heavy (non-hydrogen) atoms. The average molecular weight is 159 g/mol. The van der Waals surface area contributed by atoms with E-state index in [2.05, 4.69) is 4.74 Å². The highest BCUT2D eigenvalue weighted by atomic mass is 16.5. The number of carbonyl (C=O) groups is 1. The Morgan fingerprint density at radius 1 is 1.82 bits per heavy atom. The summed E-state index contributed by atoms with van der Waals surface area (Å²) in [5.74, 6) is -0.387. The van der Waals surface area contributed by atoms with E-state index in [4.69, 9.17) is 10.5 Å². The number of carbonyl (C=O) groups excluding carboxylic acids is 1. The maximum absolute atomic E-state index is 11.1. The molecule has 2 unspecified atom stereocenters. The maximum atomic E-state index is 11.1. The fraction of sp³-hybridized carbons (Fsp3) is 0.857. The van der Waals surface area contributed by atoms with E-state index in [9.17, 15) is 4.79 Å². The van der Waals surface area contributed by atoms with Crippen LogP contribution in [-0.2, 0) is 14.3 Å². The summed E-state index contributed by atoms with van der Waals surface area (Å²) in [6.45, 7) is 2.15. The predicted octanol–water partition coefficient (Wildman–Crippen LogP) is -0.334. The molecule has 0 amide bonds. The monoisotopic (exact) mass is 159 g/mol. The minimum absolute atomic E-state index is 0.0547. The predicted molar refractivity (Wildman–Crippen MR) is 39.0 cm³/mol. The lowest BCUT2D eigenvalue weighted by atomic mass is 9.98. The highest BCUT2D eigenvalue weighted by molar-refractivity contribution is 5.81. The van der Waals surface area contributed by atoms with Crippen LogP contribution in [0.3, 0.4) is 0 Å².